The van der Waals surface area contributed by atoms with Crippen molar-refractivity contribution in [2.45, 2.75) is 31.2 Å². The van der Waals surface area contributed by atoms with Gasteiger partial charge in [-0.1, -0.05) is 6.92 Å². The van der Waals surface area contributed by atoms with Gasteiger partial charge in [-0.2, -0.15) is 0 Å². The molecule has 0 aliphatic rings. The number of nitrogens with two attached hydrogens (primary N) is 1. The summed E-state index contributed by atoms with van der Waals surface area (Å²) < 4.78 is 28.2. The van der Waals surface area contributed by atoms with Crippen LogP contribution < -0.4 is 11.1 Å². The van der Waals surface area contributed by atoms with Crippen LogP contribution in [-0.4, -0.2) is 33.8 Å². The standard InChI is InChI=1S/C11H18N2O4S2/c1-5-6(2)13-10-9(19(4,15)16)7(12)8(18-10)11(14)17-3/h6,13H,5,12H2,1-4H3. The number of nitrogen functional groups attached to an aromatic ring is 1. The van der Waals surface area contributed by atoms with Crippen molar-refractivity contribution in [2.24, 2.45) is 0 Å². The molecule has 108 valence electrons. The molecule has 1 rings (SSSR count). The molecular formula is C11H18N2O4S2. The van der Waals surface area contributed by atoms with Crippen LogP contribution in [-0.2, 0) is 14.6 Å². The van der Waals surface area contributed by atoms with Gasteiger partial charge in [-0.25, -0.2) is 13.2 Å². The molecule has 19 heavy (non-hydrogen) atoms. The third-order valence-corrected chi connectivity index (χ3v) is 5.04. The minimum absolute atomic E-state index is 0.0294. The predicted molar refractivity (Wildman–Crippen MR) is 76.6 cm³/mol. The summed E-state index contributed by atoms with van der Waals surface area (Å²) in [5, 5.41) is 3.44. The molecule has 1 unspecified atom stereocenters. The molecule has 0 saturated heterocycles. The molecule has 0 saturated carbocycles. The van der Waals surface area contributed by atoms with Crippen molar-refractivity contribution in [1.29, 1.82) is 0 Å². The van der Waals surface area contributed by atoms with E-state index in [4.69, 9.17) is 5.73 Å². The van der Waals surface area contributed by atoms with E-state index >= 15 is 0 Å². The predicted octanol–water partition coefficient (Wildman–Crippen LogP) is 1.73. The average molecular weight is 306 g/mol. The van der Waals surface area contributed by atoms with Crippen LogP contribution in [0.15, 0.2) is 4.90 Å². The number of sulfone groups is 1. The Kier molecular flexibility index (Phi) is 4.81. The summed E-state index contributed by atoms with van der Waals surface area (Å²) in [7, 11) is -2.30. The maximum atomic E-state index is 11.8. The monoisotopic (exact) mass is 306 g/mol. The molecule has 0 aromatic carbocycles. The zero-order valence-electron chi connectivity index (χ0n) is 11.3. The van der Waals surface area contributed by atoms with Crippen molar-refractivity contribution in [3.8, 4) is 0 Å². The number of methoxy groups -OCH3 is 1. The maximum Gasteiger partial charge on any atom is 0.350 e. The number of rotatable bonds is 5. The van der Waals surface area contributed by atoms with E-state index in [2.05, 4.69) is 10.1 Å². The van der Waals surface area contributed by atoms with Gasteiger partial charge in [0.1, 0.15) is 14.8 Å². The second kappa shape index (κ2) is 5.79. The average Bonchev–Trinajstić information content (AvgIpc) is 2.64. The first-order valence-corrected chi connectivity index (χ1v) is 8.40. The summed E-state index contributed by atoms with van der Waals surface area (Å²) >= 11 is 1.000. The molecule has 0 radical (unpaired) electrons. The zero-order chi connectivity index (χ0) is 14.8. The summed E-state index contributed by atoms with van der Waals surface area (Å²) in [5.41, 5.74) is 5.72. The fourth-order valence-electron chi connectivity index (χ4n) is 1.46. The van der Waals surface area contributed by atoms with Crippen LogP contribution in [0.2, 0.25) is 0 Å². The lowest BCUT2D eigenvalue weighted by molar-refractivity contribution is 0.0607. The van der Waals surface area contributed by atoms with E-state index in [1.807, 2.05) is 13.8 Å². The third-order valence-electron chi connectivity index (χ3n) is 2.63. The van der Waals surface area contributed by atoms with Gasteiger partial charge in [0.05, 0.1) is 12.8 Å². The first-order chi connectivity index (χ1) is 8.72. The van der Waals surface area contributed by atoms with E-state index < -0.39 is 15.8 Å². The Morgan fingerprint density at radius 1 is 1.53 bits per heavy atom. The Hall–Kier alpha value is -1.28. The molecule has 0 amide bonds. The second-order valence-corrected chi connectivity index (χ2v) is 7.19. The lowest BCUT2D eigenvalue weighted by atomic mass is 10.3. The first-order valence-electron chi connectivity index (χ1n) is 5.69. The van der Waals surface area contributed by atoms with E-state index in [-0.39, 0.29) is 21.5 Å². The lowest BCUT2D eigenvalue weighted by Crippen LogP contribution is -2.14. The van der Waals surface area contributed by atoms with Crippen molar-refractivity contribution >= 4 is 37.8 Å². The Labute approximate surface area is 116 Å². The second-order valence-electron chi connectivity index (χ2n) is 4.22. The van der Waals surface area contributed by atoms with Gasteiger partial charge in [-0.3, -0.25) is 0 Å². The quantitative estimate of drug-likeness (QED) is 0.804. The number of esters is 1. The van der Waals surface area contributed by atoms with Crippen LogP contribution in [0.25, 0.3) is 0 Å². The Balaban J connectivity index is 3.41. The van der Waals surface area contributed by atoms with Gasteiger partial charge in [0, 0.05) is 12.3 Å². The van der Waals surface area contributed by atoms with E-state index in [0.29, 0.717) is 5.00 Å². The molecule has 6 nitrogen and oxygen atoms in total. The van der Waals surface area contributed by atoms with Crippen LogP contribution in [0.3, 0.4) is 0 Å². The summed E-state index contributed by atoms with van der Waals surface area (Å²) in [6.45, 7) is 3.88. The number of carbonyl (C=O) groups is 1. The maximum absolute atomic E-state index is 11.8. The number of anilines is 2. The summed E-state index contributed by atoms with van der Waals surface area (Å²) in [6, 6.07) is 0.0732. The molecular weight excluding hydrogens is 288 g/mol. The van der Waals surface area contributed by atoms with Crippen LogP contribution in [0, 0.1) is 0 Å². The van der Waals surface area contributed by atoms with Crippen LogP contribution in [0.5, 0.6) is 0 Å². The largest absolute Gasteiger partial charge is 0.465 e. The van der Waals surface area contributed by atoms with Crippen molar-refractivity contribution < 1.29 is 17.9 Å². The van der Waals surface area contributed by atoms with Gasteiger partial charge in [-0.05, 0) is 13.3 Å². The minimum Gasteiger partial charge on any atom is -0.465 e. The molecule has 1 aromatic heterocycles. The summed E-state index contributed by atoms with van der Waals surface area (Å²) in [6.07, 6.45) is 1.88. The summed E-state index contributed by atoms with van der Waals surface area (Å²) in [5.74, 6) is -0.635. The third kappa shape index (κ3) is 3.38. The van der Waals surface area contributed by atoms with Gasteiger partial charge >= 0.3 is 5.97 Å². The van der Waals surface area contributed by atoms with Gasteiger partial charge in [0.15, 0.2) is 9.84 Å². The molecule has 3 N–H and O–H groups in total. The Morgan fingerprint density at radius 2 is 2.11 bits per heavy atom. The number of thiophene rings is 1. The first kappa shape index (κ1) is 15.8. The number of ether oxygens (including phenoxy) is 1. The molecule has 0 aliphatic heterocycles. The highest BCUT2D eigenvalue weighted by Crippen LogP contribution is 2.39. The van der Waals surface area contributed by atoms with E-state index in [0.717, 1.165) is 24.0 Å². The normalized spacial score (nSPS) is 13.1. The van der Waals surface area contributed by atoms with Crippen molar-refractivity contribution in [1.82, 2.24) is 0 Å². The van der Waals surface area contributed by atoms with Crippen molar-refractivity contribution in [3.63, 3.8) is 0 Å². The SMILES string of the molecule is CCC(C)Nc1sc(C(=O)OC)c(N)c1S(C)(=O)=O. The number of nitrogens with one attached hydrogen (secondary N) is 1. The fourth-order valence-corrected chi connectivity index (χ4v) is 4.05. The smallest absolute Gasteiger partial charge is 0.350 e. The van der Waals surface area contributed by atoms with Crippen LogP contribution in [0.1, 0.15) is 29.9 Å². The van der Waals surface area contributed by atoms with E-state index in [9.17, 15) is 13.2 Å². The number of hydrogen-bond donors (Lipinski definition) is 2. The van der Waals surface area contributed by atoms with Crippen molar-refractivity contribution in [3.05, 3.63) is 4.88 Å². The van der Waals surface area contributed by atoms with Gasteiger partial charge in [0.2, 0.25) is 0 Å². The zero-order valence-corrected chi connectivity index (χ0v) is 12.9. The van der Waals surface area contributed by atoms with Crippen LogP contribution in [0.4, 0.5) is 10.7 Å². The molecule has 1 atom stereocenters. The molecule has 0 fully saturated rings. The molecule has 8 heteroatoms. The molecule has 1 heterocycles. The molecule has 0 spiro atoms. The van der Waals surface area contributed by atoms with Crippen molar-refractivity contribution in [2.75, 3.05) is 24.4 Å². The molecule has 1 aromatic rings. The van der Waals surface area contributed by atoms with Crippen LogP contribution >= 0.6 is 11.3 Å². The van der Waals surface area contributed by atoms with Gasteiger partial charge in [-0.15, -0.1) is 11.3 Å². The highest BCUT2D eigenvalue weighted by molar-refractivity contribution is 7.91. The minimum atomic E-state index is -3.52. The molecule has 0 aliphatic carbocycles. The topological polar surface area (TPSA) is 98.5 Å². The van der Waals surface area contributed by atoms with E-state index in [1.165, 1.54) is 7.11 Å². The van der Waals surface area contributed by atoms with Gasteiger partial charge < -0.3 is 15.8 Å². The highest BCUT2D eigenvalue weighted by Gasteiger charge is 2.27. The lowest BCUT2D eigenvalue weighted by Gasteiger charge is -2.12. The Bertz CT molecular complexity index is 578. The number of carbonyl (C=O) groups excluding carboxylic acids is 1. The Morgan fingerprint density at radius 3 is 2.53 bits per heavy atom. The number of hydrogen-bond acceptors (Lipinski definition) is 7. The summed E-state index contributed by atoms with van der Waals surface area (Å²) in [4.78, 5) is 11.6. The van der Waals surface area contributed by atoms with E-state index in [1.54, 1.807) is 0 Å². The highest BCUT2D eigenvalue weighted by atomic mass is 32.2. The van der Waals surface area contributed by atoms with Gasteiger partial charge in [0.25, 0.3) is 0 Å². The molecule has 0 bridgehead atoms. The fraction of sp³-hybridized carbons (Fsp3) is 0.545.